The summed E-state index contributed by atoms with van der Waals surface area (Å²) in [5.74, 6) is 4.25. The first-order valence-corrected chi connectivity index (χ1v) is 6.53. The number of rotatable bonds is 2. The molecule has 2 saturated carbocycles. The minimum absolute atomic E-state index is 0.651. The summed E-state index contributed by atoms with van der Waals surface area (Å²) in [6.45, 7) is 9.76. The Bertz CT molecular complexity index is 204. The van der Waals surface area contributed by atoms with Crippen LogP contribution in [0.1, 0.15) is 59.8 Å². The summed E-state index contributed by atoms with van der Waals surface area (Å²) in [4.78, 5) is 0. The van der Waals surface area contributed by atoms with Crippen LogP contribution in [0, 0.1) is 29.1 Å². The summed E-state index contributed by atoms with van der Waals surface area (Å²) in [7, 11) is 0. The molecule has 4 unspecified atom stereocenters. The second kappa shape index (κ2) is 3.54. The van der Waals surface area contributed by atoms with Crippen molar-refractivity contribution in [3.63, 3.8) is 0 Å². The molecular weight excluding hydrogens is 168 g/mol. The maximum atomic E-state index is 2.47. The van der Waals surface area contributed by atoms with Crippen molar-refractivity contribution in [1.82, 2.24) is 0 Å². The topological polar surface area (TPSA) is 0 Å². The largest absolute Gasteiger partial charge is 0.0651 e. The molecule has 0 nitrogen and oxygen atoms in total. The fraction of sp³-hybridized carbons (Fsp3) is 1.00. The van der Waals surface area contributed by atoms with Gasteiger partial charge in [-0.25, -0.2) is 0 Å². The van der Waals surface area contributed by atoms with Gasteiger partial charge in [0.2, 0.25) is 0 Å². The highest BCUT2D eigenvalue weighted by Crippen LogP contribution is 2.54. The van der Waals surface area contributed by atoms with Crippen LogP contribution < -0.4 is 0 Å². The second-order valence-electron chi connectivity index (χ2n) is 6.63. The molecule has 0 radical (unpaired) electrons. The van der Waals surface area contributed by atoms with E-state index >= 15 is 0 Å². The van der Waals surface area contributed by atoms with Gasteiger partial charge in [0.1, 0.15) is 0 Å². The molecule has 0 bridgehead atoms. The van der Waals surface area contributed by atoms with Crippen LogP contribution in [-0.2, 0) is 0 Å². The molecule has 2 rings (SSSR count). The maximum absolute atomic E-state index is 2.47. The van der Waals surface area contributed by atoms with Crippen LogP contribution in [0.4, 0.5) is 0 Å². The quantitative estimate of drug-likeness (QED) is 0.607. The lowest BCUT2D eigenvalue weighted by molar-refractivity contribution is 0.0254. The molecule has 0 aromatic carbocycles. The molecule has 0 heteroatoms. The molecule has 0 aliphatic heterocycles. The van der Waals surface area contributed by atoms with Crippen LogP contribution in [0.25, 0.3) is 0 Å². The van der Waals surface area contributed by atoms with Gasteiger partial charge >= 0.3 is 0 Å². The average Bonchev–Trinajstić information content (AvgIpc) is 2.41. The zero-order chi connectivity index (χ0) is 10.3. The van der Waals surface area contributed by atoms with Gasteiger partial charge in [-0.15, -0.1) is 0 Å². The van der Waals surface area contributed by atoms with E-state index in [0.29, 0.717) is 5.41 Å². The minimum Gasteiger partial charge on any atom is -0.0651 e. The predicted molar refractivity (Wildman–Crippen MR) is 62.2 cm³/mol. The fourth-order valence-electron chi connectivity index (χ4n) is 4.17. The Balaban J connectivity index is 1.96. The van der Waals surface area contributed by atoms with Crippen LogP contribution in [0.2, 0.25) is 0 Å². The van der Waals surface area contributed by atoms with Crippen LogP contribution in [0.5, 0.6) is 0 Å². The third kappa shape index (κ3) is 1.73. The van der Waals surface area contributed by atoms with Crippen molar-refractivity contribution in [2.75, 3.05) is 0 Å². The van der Waals surface area contributed by atoms with E-state index in [2.05, 4.69) is 27.7 Å². The van der Waals surface area contributed by atoms with Gasteiger partial charge in [-0.05, 0) is 54.8 Å². The van der Waals surface area contributed by atoms with Gasteiger partial charge in [0, 0.05) is 0 Å². The second-order valence-corrected chi connectivity index (χ2v) is 6.63. The third-order valence-corrected chi connectivity index (χ3v) is 4.95. The summed E-state index contributed by atoms with van der Waals surface area (Å²) in [6.07, 6.45) is 7.42. The average molecular weight is 194 g/mol. The normalized spacial score (nSPS) is 46.3. The molecule has 0 spiro atoms. The van der Waals surface area contributed by atoms with Crippen LogP contribution in [-0.4, -0.2) is 0 Å². The van der Waals surface area contributed by atoms with Crippen LogP contribution in [0.15, 0.2) is 0 Å². The van der Waals surface area contributed by atoms with E-state index in [1.807, 2.05) is 0 Å². The minimum atomic E-state index is 0.651. The van der Waals surface area contributed by atoms with Gasteiger partial charge < -0.3 is 0 Å². The Labute approximate surface area is 89.5 Å². The lowest BCUT2D eigenvalue weighted by atomic mass is 9.59. The zero-order valence-electron chi connectivity index (χ0n) is 10.3. The molecule has 0 saturated heterocycles. The van der Waals surface area contributed by atoms with E-state index in [9.17, 15) is 0 Å². The van der Waals surface area contributed by atoms with Gasteiger partial charge in [0.15, 0.2) is 0 Å². The van der Waals surface area contributed by atoms with Gasteiger partial charge in [0.05, 0.1) is 0 Å². The molecule has 0 aromatic rings. The van der Waals surface area contributed by atoms with Gasteiger partial charge in [-0.3, -0.25) is 0 Å². The number of hydrogen-bond donors (Lipinski definition) is 0. The first kappa shape index (κ1) is 10.5. The Morgan fingerprint density at radius 3 is 2.43 bits per heavy atom. The Morgan fingerprint density at radius 1 is 1.29 bits per heavy atom. The molecule has 2 aliphatic rings. The van der Waals surface area contributed by atoms with Gasteiger partial charge in [0.25, 0.3) is 0 Å². The summed E-state index contributed by atoms with van der Waals surface area (Å²) >= 11 is 0. The fourth-order valence-corrected chi connectivity index (χ4v) is 4.17. The highest BCUT2D eigenvalue weighted by atomic mass is 14.5. The molecule has 0 heterocycles. The molecule has 2 fully saturated rings. The molecule has 2 aliphatic carbocycles. The van der Waals surface area contributed by atoms with Crippen molar-refractivity contribution >= 4 is 0 Å². The molecule has 0 aromatic heterocycles. The van der Waals surface area contributed by atoms with Gasteiger partial charge in [-0.1, -0.05) is 34.1 Å². The van der Waals surface area contributed by atoms with Crippen LogP contribution in [0.3, 0.4) is 0 Å². The lowest BCUT2D eigenvalue weighted by Gasteiger charge is -2.47. The van der Waals surface area contributed by atoms with E-state index in [4.69, 9.17) is 0 Å². The van der Waals surface area contributed by atoms with Crippen molar-refractivity contribution < 1.29 is 0 Å². The smallest absolute Gasteiger partial charge is 0.0331 e. The van der Waals surface area contributed by atoms with Crippen molar-refractivity contribution in [2.45, 2.75) is 59.8 Å². The summed E-state index contributed by atoms with van der Waals surface area (Å²) in [5.41, 5.74) is 0.651. The summed E-state index contributed by atoms with van der Waals surface area (Å²) < 4.78 is 0. The Kier molecular flexibility index (Phi) is 2.66. The monoisotopic (exact) mass is 194 g/mol. The zero-order valence-corrected chi connectivity index (χ0v) is 10.3. The van der Waals surface area contributed by atoms with E-state index in [-0.39, 0.29) is 0 Å². The molecule has 0 N–H and O–H groups in total. The lowest BCUT2D eigenvalue weighted by Crippen LogP contribution is -2.39. The van der Waals surface area contributed by atoms with E-state index in [1.165, 1.54) is 32.1 Å². The van der Waals surface area contributed by atoms with Crippen molar-refractivity contribution in [3.8, 4) is 0 Å². The van der Waals surface area contributed by atoms with Crippen molar-refractivity contribution in [1.29, 1.82) is 0 Å². The van der Waals surface area contributed by atoms with Gasteiger partial charge in [-0.2, -0.15) is 0 Å². The molecule has 82 valence electrons. The van der Waals surface area contributed by atoms with E-state index < -0.39 is 0 Å². The summed E-state index contributed by atoms with van der Waals surface area (Å²) in [6, 6.07) is 0. The Morgan fingerprint density at radius 2 is 2.00 bits per heavy atom. The first-order valence-electron chi connectivity index (χ1n) is 6.53. The van der Waals surface area contributed by atoms with Crippen molar-refractivity contribution in [2.24, 2.45) is 29.1 Å². The molecule has 4 atom stereocenters. The highest BCUT2D eigenvalue weighted by molar-refractivity contribution is 4.95. The SMILES string of the molecule is CCC1CC(C)C1C1CCC(C)(C)C1. The third-order valence-electron chi connectivity index (χ3n) is 4.95. The molecule has 14 heavy (non-hydrogen) atoms. The first-order chi connectivity index (χ1) is 6.53. The van der Waals surface area contributed by atoms with Crippen LogP contribution >= 0.6 is 0 Å². The standard InChI is InChI=1S/C14H26/c1-5-11-8-10(2)13(11)12-6-7-14(3,4)9-12/h10-13H,5-9H2,1-4H3. The highest BCUT2D eigenvalue weighted by Gasteiger charge is 2.45. The molecule has 0 amide bonds. The van der Waals surface area contributed by atoms with E-state index in [1.54, 1.807) is 0 Å². The number of hydrogen-bond acceptors (Lipinski definition) is 0. The van der Waals surface area contributed by atoms with Crippen molar-refractivity contribution in [3.05, 3.63) is 0 Å². The Hall–Kier alpha value is 0. The molecular formula is C14H26. The summed E-state index contributed by atoms with van der Waals surface area (Å²) in [5, 5.41) is 0. The van der Waals surface area contributed by atoms with E-state index in [0.717, 1.165) is 23.7 Å². The maximum Gasteiger partial charge on any atom is -0.0331 e. The predicted octanol–water partition coefficient (Wildman–Crippen LogP) is 4.49.